The summed E-state index contributed by atoms with van der Waals surface area (Å²) >= 11 is 6.09. The second kappa shape index (κ2) is 10.2. The van der Waals surface area contributed by atoms with Crippen molar-refractivity contribution in [1.29, 1.82) is 0 Å². The number of nitrogens with one attached hydrogen (secondary N) is 3. The molecule has 0 unspecified atom stereocenters. The number of halogens is 1. The fourth-order valence-corrected chi connectivity index (χ4v) is 2.05. The van der Waals surface area contributed by atoms with Gasteiger partial charge in [0.1, 0.15) is 0 Å². The van der Waals surface area contributed by atoms with Crippen LogP contribution in [0.4, 0.5) is 5.69 Å². The predicted octanol–water partition coefficient (Wildman–Crippen LogP) is 1.65. The molecule has 0 aliphatic rings. The van der Waals surface area contributed by atoms with Gasteiger partial charge < -0.3 is 20.7 Å². The van der Waals surface area contributed by atoms with Crippen LogP contribution in [0.25, 0.3) is 0 Å². The Balaban J connectivity index is 2.57. The van der Waals surface area contributed by atoms with Gasteiger partial charge in [-0.25, -0.2) is 0 Å². The van der Waals surface area contributed by atoms with E-state index in [0.29, 0.717) is 35.8 Å². The van der Waals surface area contributed by atoms with Crippen molar-refractivity contribution in [1.82, 2.24) is 10.6 Å². The van der Waals surface area contributed by atoms with Crippen molar-refractivity contribution >= 4 is 29.1 Å². The zero-order chi connectivity index (χ0) is 16.4. The van der Waals surface area contributed by atoms with Gasteiger partial charge in [-0.2, -0.15) is 0 Å². The Kier molecular flexibility index (Phi) is 8.50. The molecule has 22 heavy (non-hydrogen) atoms. The molecule has 6 nitrogen and oxygen atoms in total. The largest absolute Gasteiger partial charge is 0.383 e. The smallest absolute Gasteiger partial charge is 0.252 e. The molecule has 0 bridgehead atoms. The summed E-state index contributed by atoms with van der Waals surface area (Å²) in [6, 6.07) is 4.82. The first kappa shape index (κ1) is 18.4. The summed E-state index contributed by atoms with van der Waals surface area (Å²) in [6.07, 6.45) is 1.19. The van der Waals surface area contributed by atoms with Gasteiger partial charge >= 0.3 is 0 Å². The molecule has 0 heterocycles. The topological polar surface area (TPSA) is 79.5 Å². The lowest BCUT2D eigenvalue weighted by molar-refractivity contribution is -0.116. The van der Waals surface area contributed by atoms with Crippen LogP contribution in [0, 0.1) is 0 Å². The van der Waals surface area contributed by atoms with Crippen molar-refractivity contribution < 1.29 is 14.3 Å². The molecular weight excluding hydrogens is 306 g/mol. The van der Waals surface area contributed by atoms with Gasteiger partial charge in [0.2, 0.25) is 5.91 Å². The zero-order valence-electron chi connectivity index (χ0n) is 12.9. The summed E-state index contributed by atoms with van der Waals surface area (Å²) in [5.74, 6) is -0.349. The van der Waals surface area contributed by atoms with Gasteiger partial charge in [0.25, 0.3) is 5.91 Å². The van der Waals surface area contributed by atoms with Crippen LogP contribution < -0.4 is 16.0 Å². The molecule has 1 aromatic rings. The zero-order valence-corrected chi connectivity index (χ0v) is 13.6. The van der Waals surface area contributed by atoms with E-state index in [1.54, 1.807) is 25.3 Å². The van der Waals surface area contributed by atoms with Gasteiger partial charge in [-0.15, -0.1) is 0 Å². The minimum Gasteiger partial charge on any atom is -0.383 e. The summed E-state index contributed by atoms with van der Waals surface area (Å²) in [4.78, 5) is 23.6. The second-order valence-electron chi connectivity index (χ2n) is 4.70. The van der Waals surface area contributed by atoms with E-state index in [2.05, 4.69) is 16.0 Å². The molecule has 0 atom stereocenters. The van der Waals surface area contributed by atoms with E-state index in [4.69, 9.17) is 16.3 Å². The molecule has 122 valence electrons. The number of benzene rings is 1. The monoisotopic (exact) mass is 327 g/mol. The average Bonchev–Trinajstić information content (AvgIpc) is 2.47. The number of carbonyl (C=O) groups is 2. The van der Waals surface area contributed by atoms with Crippen LogP contribution in [0.5, 0.6) is 0 Å². The van der Waals surface area contributed by atoms with E-state index in [9.17, 15) is 9.59 Å². The predicted molar refractivity (Wildman–Crippen MR) is 87.5 cm³/mol. The maximum absolute atomic E-state index is 11.9. The Hall–Kier alpha value is -1.63. The molecular formula is C15H22ClN3O3. The normalized spacial score (nSPS) is 10.3. The van der Waals surface area contributed by atoms with Crippen LogP contribution >= 0.6 is 11.6 Å². The van der Waals surface area contributed by atoms with Crippen LogP contribution in [0.15, 0.2) is 18.2 Å². The highest BCUT2D eigenvalue weighted by molar-refractivity contribution is 6.34. The van der Waals surface area contributed by atoms with Crippen molar-refractivity contribution in [3.8, 4) is 0 Å². The standard InChI is InChI=1S/C15H22ClN3O3/c1-17-7-3-4-14(20)19-11-5-6-12(13(16)10-11)15(21)18-8-9-22-2/h5-6,10,17H,3-4,7-9H2,1-2H3,(H,18,21)(H,19,20). The number of hydrogen-bond acceptors (Lipinski definition) is 4. The summed E-state index contributed by atoms with van der Waals surface area (Å²) < 4.78 is 4.86. The highest BCUT2D eigenvalue weighted by Gasteiger charge is 2.11. The van der Waals surface area contributed by atoms with E-state index in [-0.39, 0.29) is 11.8 Å². The summed E-state index contributed by atoms with van der Waals surface area (Å²) in [5, 5.41) is 8.73. The highest BCUT2D eigenvalue weighted by Crippen LogP contribution is 2.21. The highest BCUT2D eigenvalue weighted by atomic mass is 35.5. The van der Waals surface area contributed by atoms with Gasteiger partial charge in [-0.3, -0.25) is 9.59 Å². The molecule has 0 fully saturated rings. The van der Waals surface area contributed by atoms with E-state index in [0.717, 1.165) is 13.0 Å². The summed E-state index contributed by atoms with van der Waals surface area (Å²) in [7, 11) is 3.40. The Labute approximate surface area is 135 Å². The fourth-order valence-electron chi connectivity index (χ4n) is 1.79. The van der Waals surface area contributed by atoms with Gasteiger partial charge in [-0.1, -0.05) is 11.6 Å². The lowest BCUT2D eigenvalue weighted by atomic mass is 10.2. The summed E-state index contributed by atoms with van der Waals surface area (Å²) in [6.45, 7) is 1.63. The van der Waals surface area contributed by atoms with Gasteiger partial charge in [0.05, 0.1) is 17.2 Å². The van der Waals surface area contributed by atoms with Crippen LogP contribution in [0.1, 0.15) is 23.2 Å². The summed E-state index contributed by atoms with van der Waals surface area (Å²) in [5.41, 5.74) is 0.943. The first-order valence-electron chi connectivity index (χ1n) is 7.09. The first-order chi connectivity index (χ1) is 10.6. The van der Waals surface area contributed by atoms with E-state index in [1.165, 1.54) is 0 Å². The molecule has 7 heteroatoms. The molecule has 3 N–H and O–H groups in total. The van der Waals surface area contributed by atoms with Crippen molar-refractivity contribution in [3.05, 3.63) is 28.8 Å². The van der Waals surface area contributed by atoms with Crippen molar-refractivity contribution in [2.45, 2.75) is 12.8 Å². The lowest BCUT2D eigenvalue weighted by Gasteiger charge is -2.09. The van der Waals surface area contributed by atoms with Crippen LogP contribution in [-0.2, 0) is 9.53 Å². The number of rotatable bonds is 9. The molecule has 1 aromatic carbocycles. The average molecular weight is 328 g/mol. The van der Waals surface area contributed by atoms with E-state index < -0.39 is 0 Å². The number of amides is 2. The third-order valence-corrected chi connectivity index (χ3v) is 3.23. The first-order valence-corrected chi connectivity index (χ1v) is 7.47. The molecule has 0 radical (unpaired) electrons. The van der Waals surface area contributed by atoms with Crippen LogP contribution in [0.3, 0.4) is 0 Å². The number of carbonyl (C=O) groups excluding carboxylic acids is 2. The SMILES string of the molecule is CNCCCC(=O)Nc1ccc(C(=O)NCCOC)c(Cl)c1. The van der Waals surface area contributed by atoms with Crippen LogP contribution in [0.2, 0.25) is 5.02 Å². The van der Waals surface area contributed by atoms with Crippen molar-refractivity contribution in [3.63, 3.8) is 0 Å². The minimum atomic E-state index is -0.269. The molecule has 0 saturated carbocycles. The van der Waals surface area contributed by atoms with Gasteiger partial charge in [0, 0.05) is 25.8 Å². The Morgan fingerprint density at radius 3 is 2.68 bits per heavy atom. The molecule has 0 aliphatic heterocycles. The molecule has 0 aliphatic carbocycles. The maximum atomic E-state index is 11.9. The second-order valence-corrected chi connectivity index (χ2v) is 5.11. The number of ether oxygens (including phenoxy) is 1. The van der Waals surface area contributed by atoms with E-state index in [1.807, 2.05) is 7.05 Å². The van der Waals surface area contributed by atoms with E-state index >= 15 is 0 Å². The quantitative estimate of drug-likeness (QED) is 0.603. The number of anilines is 1. The van der Waals surface area contributed by atoms with Gasteiger partial charge in [-0.05, 0) is 38.2 Å². The number of hydrogen-bond donors (Lipinski definition) is 3. The maximum Gasteiger partial charge on any atom is 0.252 e. The van der Waals surface area contributed by atoms with Crippen LogP contribution in [-0.4, -0.2) is 45.7 Å². The molecule has 1 rings (SSSR count). The van der Waals surface area contributed by atoms with Gasteiger partial charge in [0.15, 0.2) is 0 Å². The molecule has 0 spiro atoms. The third-order valence-electron chi connectivity index (χ3n) is 2.92. The van der Waals surface area contributed by atoms with Crippen molar-refractivity contribution in [2.75, 3.05) is 39.2 Å². The Bertz CT molecular complexity index is 509. The lowest BCUT2D eigenvalue weighted by Crippen LogP contribution is -2.27. The van der Waals surface area contributed by atoms with Crippen molar-refractivity contribution in [2.24, 2.45) is 0 Å². The molecule has 0 aromatic heterocycles. The third kappa shape index (κ3) is 6.43. The number of methoxy groups -OCH3 is 1. The Morgan fingerprint density at radius 2 is 2.05 bits per heavy atom. The Morgan fingerprint density at radius 1 is 1.27 bits per heavy atom. The molecule has 0 saturated heterocycles. The minimum absolute atomic E-state index is 0.0800. The molecule has 2 amide bonds. The fraction of sp³-hybridized carbons (Fsp3) is 0.467.